The van der Waals surface area contributed by atoms with Crippen LogP contribution >= 0.6 is 11.6 Å². The number of hydrogen-bond acceptors (Lipinski definition) is 1. The minimum absolute atomic E-state index is 0.00457. The standard InChI is InChI=1S/C14H13ClF3NO/c1-8-5-6-11(19(14(8)20)7-12(17)18)13-9(15)3-2-4-10(13)16/h2-4,6,8,12H,5,7H2,1H3. The zero-order valence-electron chi connectivity index (χ0n) is 10.7. The second kappa shape index (κ2) is 5.87. The van der Waals surface area contributed by atoms with E-state index in [1.165, 1.54) is 18.2 Å². The second-order valence-electron chi connectivity index (χ2n) is 4.66. The van der Waals surface area contributed by atoms with Crippen LogP contribution in [0.2, 0.25) is 5.02 Å². The molecule has 0 aliphatic carbocycles. The molecule has 108 valence electrons. The third kappa shape index (κ3) is 2.82. The molecular weight excluding hydrogens is 291 g/mol. The Hall–Kier alpha value is -1.49. The zero-order valence-corrected chi connectivity index (χ0v) is 11.5. The summed E-state index contributed by atoms with van der Waals surface area (Å²) in [6.07, 6.45) is -0.740. The summed E-state index contributed by atoms with van der Waals surface area (Å²) < 4.78 is 39.2. The number of rotatable bonds is 3. The monoisotopic (exact) mass is 303 g/mol. The highest BCUT2D eigenvalue weighted by Gasteiger charge is 2.32. The Morgan fingerprint density at radius 2 is 2.15 bits per heavy atom. The van der Waals surface area contributed by atoms with Crippen molar-refractivity contribution in [1.29, 1.82) is 0 Å². The first-order valence-corrected chi connectivity index (χ1v) is 6.53. The average Bonchev–Trinajstić information content (AvgIpc) is 2.37. The Morgan fingerprint density at radius 1 is 1.45 bits per heavy atom. The lowest BCUT2D eigenvalue weighted by Gasteiger charge is -2.32. The van der Waals surface area contributed by atoms with Crippen LogP contribution in [0.4, 0.5) is 13.2 Å². The first-order valence-electron chi connectivity index (χ1n) is 6.16. The number of nitrogens with zero attached hydrogens (tertiary/aromatic N) is 1. The van der Waals surface area contributed by atoms with E-state index in [1.807, 2.05) is 0 Å². The molecule has 6 heteroatoms. The number of halogens is 4. The van der Waals surface area contributed by atoms with Crippen LogP contribution in [-0.2, 0) is 4.79 Å². The van der Waals surface area contributed by atoms with Crippen molar-refractivity contribution in [1.82, 2.24) is 4.90 Å². The van der Waals surface area contributed by atoms with Crippen molar-refractivity contribution in [2.75, 3.05) is 6.54 Å². The van der Waals surface area contributed by atoms with Crippen molar-refractivity contribution in [2.45, 2.75) is 19.8 Å². The maximum atomic E-state index is 13.9. The van der Waals surface area contributed by atoms with Gasteiger partial charge >= 0.3 is 0 Å². The van der Waals surface area contributed by atoms with E-state index in [2.05, 4.69) is 0 Å². The number of allylic oxidation sites excluding steroid dienone is 1. The number of hydrogen-bond donors (Lipinski definition) is 0. The first-order chi connectivity index (χ1) is 9.41. The highest BCUT2D eigenvalue weighted by atomic mass is 35.5. The molecule has 1 atom stereocenters. The van der Waals surface area contributed by atoms with Crippen molar-refractivity contribution < 1.29 is 18.0 Å². The molecule has 0 aromatic heterocycles. The van der Waals surface area contributed by atoms with Gasteiger partial charge in [0.2, 0.25) is 5.91 Å². The predicted molar refractivity (Wildman–Crippen MR) is 70.9 cm³/mol. The van der Waals surface area contributed by atoms with E-state index in [-0.39, 0.29) is 16.3 Å². The SMILES string of the molecule is CC1CC=C(c2c(F)cccc2Cl)N(CC(F)F)C1=O. The number of amides is 1. The van der Waals surface area contributed by atoms with Gasteiger partial charge in [-0.3, -0.25) is 4.79 Å². The molecule has 20 heavy (non-hydrogen) atoms. The van der Waals surface area contributed by atoms with Crippen LogP contribution in [0.25, 0.3) is 5.70 Å². The normalized spacial score (nSPS) is 19.5. The Balaban J connectivity index is 2.49. The maximum absolute atomic E-state index is 13.9. The molecular formula is C14H13ClF3NO. The lowest BCUT2D eigenvalue weighted by molar-refractivity contribution is -0.133. The van der Waals surface area contributed by atoms with Gasteiger partial charge in [-0.1, -0.05) is 30.7 Å². The molecule has 1 aromatic rings. The smallest absolute Gasteiger partial charge is 0.256 e. The molecule has 1 unspecified atom stereocenters. The van der Waals surface area contributed by atoms with Gasteiger partial charge in [0.15, 0.2) is 0 Å². The van der Waals surface area contributed by atoms with Gasteiger partial charge in [-0.25, -0.2) is 13.2 Å². The van der Waals surface area contributed by atoms with Crippen LogP contribution in [-0.4, -0.2) is 23.8 Å². The van der Waals surface area contributed by atoms with Crippen molar-refractivity contribution in [3.63, 3.8) is 0 Å². The molecule has 1 aromatic carbocycles. The third-order valence-electron chi connectivity index (χ3n) is 3.18. The van der Waals surface area contributed by atoms with Crippen LogP contribution in [0.3, 0.4) is 0 Å². The van der Waals surface area contributed by atoms with Crippen molar-refractivity contribution in [2.24, 2.45) is 5.92 Å². The number of carbonyl (C=O) groups excluding carboxylic acids is 1. The minimum atomic E-state index is -2.70. The molecule has 0 N–H and O–H groups in total. The number of carbonyl (C=O) groups is 1. The highest BCUT2D eigenvalue weighted by Crippen LogP contribution is 2.34. The molecule has 0 saturated heterocycles. The van der Waals surface area contributed by atoms with Crippen LogP contribution in [0.1, 0.15) is 18.9 Å². The molecule has 0 fully saturated rings. The van der Waals surface area contributed by atoms with Crippen molar-refractivity contribution in [3.8, 4) is 0 Å². The summed E-state index contributed by atoms with van der Waals surface area (Å²) in [6, 6.07) is 4.07. The lowest BCUT2D eigenvalue weighted by Crippen LogP contribution is -2.39. The van der Waals surface area contributed by atoms with Crippen LogP contribution in [0, 0.1) is 11.7 Å². The van der Waals surface area contributed by atoms with Crippen molar-refractivity contribution in [3.05, 3.63) is 40.7 Å². The Labute approximate surface area is 119 Å². The average molecular weight is 304 g/mol. The van der Waals surface area contributed by atoms with Gasteiger partial charge in [0, 0.05) is 5.92 Å². The van der Waals surface area contributed by atoms with Gasteiger partial charge in [0.05, 0.1) is 22.8 Å². The van der Waals surface area contributed by atoms with E-state index in [9.17, 15) is 18.0 Å². The molecule has 1 aliphatic heterocycles. The summed E-state index contributed by atoms with van der Waals surface area (Å²) in [5.41, 5.74) is 0.117. The topological polar surface area (TPSA) is 20.3 Å². The van der Waals surface area contributed by atoms with Crippen LogP contribution < -0.4 is 0 Å². The van der Waals surface area contributed by atoms with E-state index in [0.717, 1.165) is 4.90 Å². The summed E-state index contributed by atoms with van der Waals surface area (Å²) in [4.78, 5) is 13.0. The van der Waals surface area contributed by atoms with E-state index in [0.29, 0.717) is 6.42 Å². The molecule has 1 amide bonds. The molecule has 2 nitrogen and oxygen atoms in total. The molecule has 1 heterocycles. The fourth-order valence-electron chi connectivity index (χ4n) is 2.19. The van der Waals surface area contributed by atoms with E-state index < -0.39 is 30.6 Å². The largest absolute Gasteiger partial charge is 0.306 e. The van der Waals surface area contributed by atoms with Gasteiger partial charge in [-0.05, 0) is 18.6 Å². The van der Waals surface area contributed by atoms with Gasteiger partial charge in [-0.15, -0.1) is 0 Å². The van der Waals surface area contributed by atoms with E-state index in [1.54, 1.807) is 13.0 Å². The fraction of sp³-hybridized carbons (Fsp3) is 0.357. The highest BCUT2D eigenvalue weighted by molar-refractivity contribution is 6.32. The Morgan fingerprint density at radius 3 is 2.75 bits per heavy atom. The van der Waals surface area contributed by atoms with E-state index in [4.69, 9.17) is 11.6 Å². The molecule has 0 spiro atoms. The quantitative estimate of drug-likeness (QED) is 0.828. The lowest BCUT2D eigenvalue weighted by atomic mass is 9.97. The predicted octanol–water partition coefficient (Wildman–Crippen LogP) is 3.95. The van der Waals surface area contributed by atoms with Crippen LogP contribution in [0.15, 0.2) is 24.3 Å². The number of benzene rings is 1. The summed E-state index contributed by atoms with van der Waals surface area (Å²) in [7, 11) is 0. The number of alkyl halides is 2. The summed E-state index contributed by atoms with van der Waals surface area (Å²) >= 11 is 5.94. The second-order valence-corrected chi connectivity index (χ2v) is 5.07. The summed E-state index contributed by atoms with van der Waals surface area (Å²) in [5.74, 6) is -1.48. The molecule has 0 saturated carbocycles. The summed E-state index contributed by atoms with van der Waals surface area (Å²) in [5, 5.41) is 0.0952. The van der Waals surface area contributed by atoms with E-state index >= 15 is 0 Å². The van der Waals surface area contributed by atoms with Crippen LogP contribution in [0.5, 0.6) is 0 Å². The third-order valence-corrected chi connectivity index (χ3v) is 3.50. The van der Waals surface area contributed by atoms with Gasteiger partial charge in [0.25, 0.3) is 6.43 Å². The first kappa shape index (κ1) is 14.9. The zero-order chi connectivity index (χ0) is 14.9. The molecule has 1 aliphatic rings. The summed E-state index contributed by atoms with van der Waals surface area (Å²) in [6.45, 7) is 0.886. The van der Waals surface area contributed by atoms with Gasteiger partial charge in [0.1, 0.15) is 5.82 Å². The molecule has 0 radical (unpaired) electrons. The van der Waals surface area contributed by atoms with Gasteiger partial charge in [-0.2, -0.15) is 0 Å². The van der Waals surface area contributed by atoms with Gasteiger partial charge < -0.3 is 4.90 Å². The molecule has 2 rings (SSSR count). The maximum Gasteiger partial charge on any atom is 0.256 e. The minimum Gasteiger partial charge on any atom is -0.306 e. The molecule has 0 bridgehead atoms. The fourth-order valence-corrected chi connectivity index (χ4v) is 2.45. The Kier molecular flexibility index (Phi) is 4.38. The van der Waals surface area contributed by atoms with Crippen molar-refractivity contribution >= 4 is 23.2 Å². The Bertz CT molecular complexity index is 539.